The lowest BCUT2D eigenvalue weighted by molar-refractivity contribution is -0.120. The molecule has 1 aliphatic carbocycles. The second-order valence-electron chi connectivity index (χ2n) is 9.57. The van der Waals surface area contributed by atoms with Crippen LogP contribution >= 0.6 is 0 Å². The molecule has 3 atom stereocenters. The first kappa shape index (κ1) is 24.5. The van der Waals surface area contributed by atoms with E-state index in [1.165, 1.54) is 6.42 Å². The molecule has 178 valence electrons. The maximum Gasteiger partial charge on any atom is 0.257 e. The number of carbonyl (C=O) groups excluding carboxylic acids is 2. The van der Waals surface area contributed by atoms with Crippen molar-refractivity contribution in [2.24, 2.45) is 11.8 Å². The first-order valence-corrected chi connectivity index (χ1v) is 11.9. The Labute approximate surface area is 192 Å². The number of likely N-dealkylation sites (N-methyl/N-ethyl adjacent to an activating group) is 2. The second kappa shape index (κ2) is 11.1. The van der Waals surface area contributed by atoms with E-state index in [0.29, 0.717) is 30.2 Å². The van der Waals surface area contributed by atoms with Crippen LogP contribution in [0, 0.1) is 11.8 Å². The minimum absolute atomic E-state index is 0.0445. The molecule has 7 nitrogen and oxygen atoms in total. The van der Waals surface area contributed by atoms with Crippen LogP contribution in [0.4, 0.5) is 5.69 Å². The standard InChI is InChI=1S/C25H39N3O4/c1-17-14-27(3)18(2)16-32-22-12-11-20(26-24(29)19-9-7-6-8-10-19)13-21(22)25(30)28(4)15-23(17)31-5/h11-13,17-19,23H,6-10,14-16H2,1-5H3,(H,26,29)/t17-,18+,23+/m1/s1. The average Bonchev–Trinajstić information content (AvgIpc) is 2.80. The summed E-state index contributed by atoms with van der Waals surface area (Å²) in [7, 11) is 5.57. The van der Waals surface area contributed by atoms with Gasteiger partial charge in [-0.3, -0.25) is 14.5 Å². The number of anilines is 1. The summed E-state index contributed by atoms with van der Waals surface area (Å²) in [6.45, 7) is 6.07. The number of amides is 2. The molecule has 0 bridgehead atoms. The van der Waals surface area contributed by atoms with Crippen molar-refractivity contribution in [2.45, 2.75) is 58.1 Å². The van der Waals surface area contributed by atoms with Crippen molar-refractivity contribution in [3.63, 3.8) is 0 Å². The third-order valence-electron chi connectivity index (χ3n) is 7.00. The van der Waals surface area contributed by atoms with E-state index in [1.807, 2.05) is 6.07 Å². The quantitative estimate of drug-likeness (QED) is 0.769. The molecule has 0 radical (unpaired) electrons. The van der Waals surface area contributed by atoms with Crippen molar-refractivity contribution < 1.29 is 19.1 Å². The highest BCUT2D eigenvalue weighted by atomic mass is 16.5. The van der Waals surface area contributed by atoms with E-state index in [9.17, 15) is 9.59 Å². The number of benzene rings is 1. The SMILES string of the molecule is CO[C@H]1CN(C)C(=O)c2cc(NC(=O)C3CCCCC3)ccc2OC[C@H](C)N(C)C[C@H]1C. The number of fused-ring (bicyclic) bond motifs is 1. The predicted octanol–water partition coefficient (Wildman–Crippen LogP) is 3.64. The van der Waals surface area contributed by atoms with Gasteiger partial charge in [0.15, 0.2) is 0 Å². The van der Waals surface area contributed by atoms with Gasteiger partial charge in [-0.15, -0.1) is 0 Å². The number of ether oxygens (including phenoxy) is 2. The van der Waals surface area contributed by atoms with Gasteiger partial charge in [-0.1, -0.05) is 26.2 Å². The van der Waals surface area contributed by atoms with Crippen LogP contribution in [0.2, 0.25) is 0 Å². The van der Waals surface area contributed by atoms with Gasteiger partial charge in [0.2, 0.25) is 5.91 Å². The third-order valence-corrected chi connectivity index (χ3v) is 7.00. The van der Waals surface area contributed by atoms with Crippen LogP contribution in [0.15, 0.2) is 18.2 Å². The van der Waals surface area contributed by atoms with Gasteiger partial charge in [-0.05, 0) is 50.9 Å². The number of hydrogen-bond donors (Lipinski definition) is 1. The summed E-state index contributed by atoms with van der Waals surface area (Å²) in [5, 5.41) is 3.03. The van der Waals surface area contributed by atoms with E-state index in [0.717, 1.165) is 32.2 Å². The molecule has 1 N–H and O–H groups in total. The van der Waals surface area contributed by atoms with Gasteiger partial charge in [0.25, 0.3) is 5.91 Å². The van der Waals surface area contributed by atoms with Crippen LogP contribution < -0.4 is 10.1 Å². The maximum atomic E-state index is 13.4. The number of carbonyl (C=O) groups is 2. The van der Waals surface area contributed by atoms with Crippen molar-refractivity contribution in [2.75, 3.05) is 46.2 Å². The Morgan fingerprint density at radius 3 is 2.53 bits per heavy atom. The van der Waals surface area contributed by atoms with E-state index in [4.69, 9.17) is 9.47 Å². The topological polar surface area (TPSA) is 71.1 Å². The summed E-state index contributed by atoms with van der Waals surface area (Å²) in [6, 6.07) is 5.56. The van der Waals surface area contributed by atoms with E-state index < -0.39 is 0 Å². The van der Waals surface area contributed by atoms with Crippen molar-refractivity contribution in [1.29, 1.82) is 0 Å². The fraction of sp³-hybridized carbons (Fsp3) is 0.680. The zero-order valence-corrected chi connectivity index (χ0v) is 20.2. The van der Waals surface area contributed by atoms with Crippen molar-refractivity contribution in [1.82, 2.24) is 9.80 Å². The molecule has 1 aromatic carbocycles. The summed E-state index contributed by atoms with van der Waals surface area (Å²) in [4.78, 5) is 30.0. The molecule has 0 saturated heterocycles. The minimum atomic E-state index is -0.135. The van der Waals surface area contributed by atoms with Crippen LogP contribution in [-0.4, -0.2) is 74.7 Å². The molecule has 0 unspecified atom stereocenters. The Kier molecular flexibility index (Phi) is 8.54. The van der Waals surface area contributed by atoms with Crippen LogP contribution in [0.3, 0.4) is 0 Å². The highest BCUT2D eigenvalue weighted by Crippen LogP contribution is 2.28. The fourth-order valence-electron chi connectivity index (χ4n) is 4.64. The van der Waals surface area contributed by atoms with Gasteiger partial charge in [0, 0.05) is 44.9 Å². The Morgan fingerprint density at radius 1 is 1.12 bits per heavy atom. The van der Waals surface area contributed by atoms with Gasteiger partial charge in [0.05, 0.1) is 11.7 Å². The van der Waals surface area contributed by atoms with Crippen LogP contribution in [0.25, 0.3) is 0 Å². The Bertz CT molecular complexity index is 793. The molecule has 1 aromatic rings. The molecular formula is C25H39N3O4. The van der Waals surface area contributed by atoms with Gasteiger partial charge >= 0.3 is 0 Å². The fourth-order valence-corrected chi connectivity index (χ4v) is 4.64. The smallest absolute Gasteiger partial charge is 0.257 e. The molecule has 1 heterocycles. The van der Waals surface area contributed by atoms with Gasteiger partial charge in [-0.2, -0.15) is 0 Å². The first-order chi connectivity index (χ1) is 15.3. The largest absolute Gasteiger partial charge is 0.491 e. The van der Waals surface area contributed by atoms with Crippen LogP contribution in [0.5, 0.6) is 5.75 Å². The molecule has 3 rings (SSSR count). The molecule has 2 amide bonds. The van der Waals surface area contributed by atoms with E-state index in [2.05, 4.69) is 31.1 Å². The van der Waals surface area contributed by atoms with Crippen molar-refractivity contribution in [3.8, 4) is 5.75 Å². The number of rotatable bonds is 3. The molecule has 7 heteroatoms. The molecule has 0 spiro atoms. The van der Waals surface area contributed by atoms with Crippen LogP contribution in [0.1, 0.15) is 56.3 Å². The molecule has 1 saturated carbocycles. The Balaban J connectivity index is 1.86. The molecule has 32 heavy (non-hydrogen) atoms. The lowest BCUT2D eigenvalue weighted by atomic mass is 9.88. The molecule has 1 fully saturated rings. The van der Waals surface area contributed by atoms with Crippen LogP contribution in [-0.2, 0) is 9.53 Å². The summed E-state index contributed by atoms with van der Waals surface area (Å²) < 4.78 is 11.8. The summed E-state index contributed by atoms with van der Waals surface area (Å²) in [5.41, 5.74) is 1.10. The number of nitrogens with zero attached hydrogens (tertiary/aromatic N) is 2. The van der Waals surface area contributed by atoms with E-state index in [1.54, 1.807) is 31.2 Å². The highest BCUT2D eigenvalue weighted by molar-refractivity contribution is 5.99. The molecular weight excluding hydrogens is 406 g/mol. The van der Waals surface area contributed by atoms with Crippen molar-refractivity contribution in [3.05, 3.63) is 23.8 Å². The average molecular weight is 446 g/mol. The zero-order chi connectivity index (χ0) is 23.3. The predicted molar refractivity (Wildman–Crippen MR) is 126 cm³/mol. The second-order valence-corrected chi connectivity index (χ2v) is 9.57. The minimum Gasteiger partial charge on any atom is -0.491 e. The zero-order valence-electron chi connectivity index (χ0n) is 20.2. The first-order valence-electron chi connectivity index (χ1n) is 11.9. The molecule has 0 aromatic heterocycles. The number of nitrogens with one attached hydrogen (secondary N) is 1. The Hall–Kier alpha value is -2.12. The monoisotopic (exact) mass is 445 g/mol. The summed E-state index contributed by atoms with van der Waals surface area (Å²) >= 11 is 0. The van der Waals surface area contributed by atoms with E-state index in [-0.39, 0.29) is 35.8 Å². The highest BCUT2D eigenvalue weighted by Gasteiger charge is 2.28. The van der Waals surface area contributed by atoms with Gasteiger partial charge in [-0.25, -0.2) is 0 Å². The lowest BCUT2D eigenvalue weighted by Gasteiger charge is -2.34. The van der Waals surface area contributed by atoms with Crippen molar-refractivity contribution >= 4 is 17.5 Å². The molecule has 1 aliphatic heterocycles. The lowest BCUT2D eigenvalue weighted by Crippen LogP contribution is -2.45. The maximum absolute atomic E-state index is 13.4. The number of methoxy groups -OCH3 is 1. The van der Waals surface area contributed by atoms with Gasteiger partial charge < -0.3 is 19.7 Å². The normalized spacial score (nSPS) is 26.5. The Morgan fingerprint density at radius 2 is 1.84 bits per heavy atom. The third kappa shape index (κ3) is 6.01. The van der Waals surface area contributed by atoms with Gasteiger partial charge in [0.1, 0.15) is 12.4 Å². The van der Waals surface area contributed by atoms with E-state index >= 15 is 0 Å². The molecule has 2 aliphatic rings. The number of hydrogen-bond acceptors (Lipinski definition) is 5. The summed E-state index contributed by atoms with van der Waals surface area (Å²) in [5.74, 6) is 0.760. The summed E-state index contributed by atoms with van der Waals surface area (Å²) in [6.07, 6.45) is 5.20.